The van der Waals surface area contributed by atoms with Gasteiger partial charge < -0.3 is 10.8 Å². The Bertz CT molecular complexity index is 587. The summed E-state index contributed by atoms with van der Waals surface area (Å²) in [5.41, 5.74) is 6.35. The monoisotopic (exact) mass is 315 g/mol. The average Bonchev–Trinajstić information content (AvgIpc) is 2.38. The molecule has 1 rings (SSSR count). The SMILES string of the molecule is CC(C)CNS(=O)(=O)N(CCC(=O)O)c1ccccc1N. The number of aliphatic carboxylic acids is 1. The number of hydrogen-bond donors (Lipinski definition) is 3. The molecular weight excluding hydrogens is 294 g/mol. The van der Waals surface area contributed by atoms with Crippen LogP contribution in [-0.2, 0) is 15.0 Å². The molecule has 0 fully saturated rings. The van der Waals surface area contributed by atoms with Gasteiger partial charge in [-0.05, 0) is 18.1 Å². The summed E-state index contributed by atoms with van der Waals surface area (Å²) in [4.78, 5) is 10.7. The molecule has 1 aromatic rings. The predicted molar refractivity (Wildman–Crippen MR) is 82.2 cm³/mol. The van der Waals surface area contributed by atoms with E-state index < -0.39 is 16.2 Å². The molecule has 0 saturated carbocycles. The Hall–Kier alpha value is -1.80. The average molecular weight is 315 g/mol. The zero-order valence-corrected chi connectivity index (χ0v) is 12.9. The third-order valence-electron chi connectivity index (χ3n) is 2.70. The fraction of sp³-hybridized carbons (Fsp3) is 0.462. The molecule has 118 valence electrons. The van der Waals surface area contributed by atoms with E-state index in [1.54, 1.807) is 24.3 Å². The normalized spacial score (nSPS) is 11.6. The summed E-state index contributed by atoms with van der Waals surface area (Å²) in [5, 5.41) is 8.79. The second-order valence-corrected chi connectivity index (χ2v) is 6.70. The molecule has 1 aromatic carbocycles. The lowest BCUT2D eigenvalue weighted by atomic mass is 10.2. The fourth-order valence-electron chi connectivity index (χ4n) is 1.63. The van der Waals surface area contributed by atoms with E-state index in [0.29, 0.717) is 0 Å². The van der Waals surface area contributed by atoms with Crippen molar-refractivity contribution in [1.29, 1.82) is 0 Å². The van der Waals surface area contributed by atoms with Gasteiger partial charge in [0.2, 0.25) is 0 Å². The Balaban J connectivity index is 3.07. The van der Waals surface area contributed by atoms with Crippen molar-refractivity contribution in [3.05, 3.63) is 24.3 Å². The molecule has 7 nitrogen and oxygen atoms in total. The Labute approximate surface area is 124 Å². The lowest BCUT2D eigenvalue weighted by Crippen LogP contribution is -2.43. The van der Waals surface area contributed by atoms with Crippen LogP contribution in [0.2, 0.25) is 0 Å². The van der Waals surface area contributed by atoms with Gasteiger partial charge >= 0.3 is 16.2 Å². The maximum Gasteiger partial charge on any atom is 0.305 e. The Morgan fingerprint density at radius 1 is 1.38 bits per heavy atom. The molecule has 0 atom stereocenters. The first kappa shape index (κ1) is 17.3. The van der Waals surface area contributed by atoms with Crippen molar-refractivity contribution < 1.29 is 18.3 Å². The number of nitrogens with zero attached hydrogens (tertiary/aromatic N) is 1. The second kappa shape index (κ2) is 7.28. The van der Waals surface area contributed by atoms with Crippen molar-refractivity contribution in [1.82, 2.24) is 4.72 Å². The highest BCUT2D eigenvalue weighted by atomic mass is 32.2. The Morgan fingerprint density at radius 2 is 2.00 bits per heavy atom. The minimum absolute atomic E-state index is 0.134. The lowest BCUT2D eigenvalue weighted by Gasteiger charge is -2.25. The minimum atomic E-state index is -3.85. The van der Waals surface area contributed by atoms with E-state index in [1.165, 1.54) is 0 Å². The van der Waals surface area contributed by atoms with Crippen LogP contribution < -0.4 is 14.8 Å². The van der Waals surface area contributed by atoms with E-state index in [1.807, 2.05) is 13.8 Å². The van der Waals surface area contributed by atoms with Crippen molar-refractivity contribution in [3.8, 4) is 0 Å². The van der Waals surface area contributed by atoms with Crippen molar-refractivity contribution in [2.45, 2.75) is 20.3 Å². The smallest absolute Gasteiger partial charge is 0.305 e. The summed E-state index contributed by atoms with van der Waals surface area (Å²) in [7, 11) is -3.85. The van der Waals surface area contributed by atoms with E-state index in [0.717, 1.165) is 4.31 Å². The minimum Gasteiger partial charge on any atom is -0.481 e. The third-order valence-corrected chi connectivity index (χ3v) is 4.19. The lowest BCUT2D eigenvalue weighted by molar-refractivity contribution is -0.136. The second-order valence-electron chi connectivity index (χ2n) is 5.02. The van der Waals surface area contributed by atoms with Crippen LogP contribution in [0.3, 0.4) is 0 Å². The van der Waals surface area contributed by atoms with Gasteiger partial charge in [-0.1, -0.05) is 26.0 Å². The first-order valence-electron chi connectivity index (χ1n) is 6.57. The molecule has 0 aromatic heterocycles. The number of para-hydroxylation sites is 2. The summed E-state index contributed by atoms with van der Waals surface area (Å²) in [6.45, 7) is 3.83. The van der Waals surface area contributed by atoms with Gasteiger partial charge in [-0.2, -0.15) is 13.1 Å². The molecule has 8 heteroatoms. The first-order chi connectivity index (χ1) is 9.74. The standard InChI is InChI=1S/C13H21N3O4S/c1-10(2)9-15-21(19,20)16(8-7-13(17)18)12-6-4-3-5-11(12)14/h3-6,10,15H,7-9,14H2,1-2H3,(H,17,18). The number of rotatable bonds is 8. The van der Waals surface area contributed by atoms with Crippen LogP contribution in [0.5, 0.6) is 0 Å². The van der Waals surface area contributed by atoms with Crippen LogP contribution in [-0.4, -0.2) is 32.6 Å². The van der Waals surface area contributed by atoms with Crippen molar-refractivity contribution in [2.75, 3.05) is 23.1 Å². The zero-order valence-electron chi connectivity index (χ0n) is 12.1. The number of benzene rings is 1. The van der Waals surface area contributed by atoms with Crippen LogP contribution in [0.25, 0.3) is 0 Å². The van der Waals surface area contributed by atoms with Gasteiger partial charge in [0, 0.05) is 13.1 Å². The number of nitrogen functional groups attached to an aromatic ring is 1. The Morgan fingerprint density at radius 3 is 2.52 bits per heavy atom. The number of carboxylic acid groups (broad SMARTS) is 1. The van der Waals surface area contributed by atoms with Gasteiger partial charge in [0.1, 0.15) is 0 Å². The molecule has 0 unspecified atom stereocenters. The third kappa shape index (κ3) is 5.24. The van der Waals surface area contributed by atoms with E-state index in [4.69, 9.17) is 10.8 Å². The number of carbonyl (C=O) groups is 1. The highest BCUT2D eigenvalue weighted by Crippen LogP contribution is 2.24. The molecule has 4 N–H and O–H groups in total. The van der Waals surface area contributed by atoms with E-state index >= 15 is 0 Å². The van der Waals surface area contributed by atoms with Crippen LogP contribution in [0.15, 0.2) is 24.3 Å². The summed E-state index contributed by atoms with van der Waals surface area (Å²) >= 11 is 0. The first-order valence-corrected chi connectivity index (χ1v) is 8.01. The molecule has 0 bridgehead atoms. The molecule has 0 radical (unpaired) electrons. The van der Waals surface area contributed by atoms with Gasteiger partial charge in [-0.15, -0.1) is 0 Å². The maximum atomic E-state index is 12.4. The highest BCUT2D eigenvalue weighted by Gasteiger charge is 2.24. The van der Waals surface area contributed by atoms with Gasteiger partial charge in [-0.25, -0.2) is 0 Å². The van der Waals surface area contributed by atoms with Crippen LogP contribution in [0, 0.1) is 5.92 Å². The summed E-state index contributed by atoms with van der Waals surface area (Å²) in [6.07, 6.45) is -0.309. The van der Waals surface area contributed by atoms with Gasteiger partial charge in [0.05, 0.1) is 17.8 Å². The maximum absolute atomic E-state index is 12.4. The fourth-order valence-corrected chi connectivity index (χ4v) is 3.09. The van der Waals surface area contributed by atoms with Crippen molar-refractivity contribution in [3.63, 3.8) is 0 Å². The van der Waals surface area contributed by atoms with Gasteiger partial charge in [0.15, 0.2) is 0 Å². The molecule has 0 spiro atoms. The van der Waals surface area contributed by atoms with E-state index in [9.17, 15) is 13.2 Å². The topological polar surface area (TPSA) is 113 Å². The molecule has 21 heavy (non-hydrogen) atoms. The van der Waals surface area contributed by atoms with Gasteiger partial charge in [-0.3, -0.25) is 9.10 Å². The number of nitrogens with one attached hydrogen (secondary N) is 1. The molecule has 0 saturated heterocycles. The highest BCUT2D eigenvalue weighted by molar-refractivity contribution is 7.90. The van der Waals surface area contributed by atoms with E-state index in [-0.39, 0.29) is 36.8 Å². The quantitative estimate of drug-likeness (QED) is 0.620. The molecule has 0 aliphatic heterocycles. The van der Waals surface area contributed by atoms with E-state index in [2.05, 4.69) is 4.72 Å². The molecular formula is C13H21N3O4S. The number of hydrogen-bond acceptors (Lipinski definition) is 4. The summed E-state index contributed by atoms with van der Waals surface area (Å²) in [6, 6.07) is 6.45. The number of anilines is 2. The molecule has 0 aliphatic rings. The Kier molecular flexibility index (Phi) is 5.98. The van der Waals surface area contributed by atoms with Gasteiger partial charge in [0.25, 0.3) is 0 Å². The number of nitrogens with two attached hydrogens (primary N) is 1. The zero-order chi connectivity index (χ0) is 16.0. The molecule has 0 aliphatic carbocycles. The molecule has 0 amide bonds. The summed E-state index contributed by atoms with van der Waals surface area (Å²) < 4.78 is 28.2. The largest absolute Gasteiger partial charge is 0.481 e. The summed E-state index contributed by atoms with van der Waals surface area (Å²) in [5.74, 6) is -0.942. The molecule has 0 heterocycles. The van der Waals surface area contributed by atoms with Crippen molar-refractivity contribution >= 4 is 27.6 Å². The van der Waals surface area contributed by atoms with Crippen LogP contribution >= 0.6 is 0 Å². The number of carboxylic acids is 1. The van der Waals surface area contributed by atoms with Crippen LogP contribution in [0.4, 0.5) is 11.4 Å². The predicted octanol–water partition coefficient (Wildman–Crippen LogP) is 1.04. The van der Waals surface area contributed by atoms with Crippen molar-refractivity contribution in [2.24, 2.45) is 5.92 Å². The van der Waals surface area contributed by atoms with Crippen LogP contribution in [0.1, 0.15) is 20.3 Å².